The van der Waals surface area contributed by atoms with Gasteiger partial charge in [-0.1, -0.05) is 0 Å². The second-order valence-corrected chi connectivity index (χ2v) is 3.65. The average Bonchev–Trinajstić information content (AvgIpc) is 2.73. The zero-order chi connectivity index (χ0) is 10.7. The number of halogens is 1. The number of rotatable bonds is 3. The summed E-state index contributed by atoms with van der Waals surface area (Å²) in [5, 5.41) is 6.61. The smallest absolute Gasteiger partial charge is 0.228 e. The highest BCUT2D eigenvalue weighted by Gasteiger charge is 2.24. The highest BCUT2D eigenvalue weighted by atomic mass is 35.5. The third-order valence-corrected chi connectivity index (χ3v) is 2.52. The van der Waals surface area contributed by atoms with Gasteiger partial charge < -0.3 is 4.74 Å². The SMILES string of the molecule is O=C(CCCCl)N1CCOc2cn[nH]c21. The number of hydrogen-bond acceptors (Lipinski definition) is 3. The number of anilines is 1. The Hall–Kier alpha value is -1.23. The molecule has 1 aromatic rings. The van der Waals surface area contributed by atoms with Crippen molar-refractivity contribution in [1.29, 1.82) is 0 Å². The van der Waals surface area contributed by atoms with Crippen molar-refractivity contribution >= 4 is 23.3 Å². The molecule has 1 aliphatic heterocycles. The summed E-state index contributed by atoms with van der Waals surface area (Å²) in [6.07, 6.45) is 2.74. The summed E-state index contributed by atoms with van der Waals surface area (Å²) in [6, 6.07) is 0. The molecule has 0 aromatic carbocycles. The van der Waals surface area contributed by atoms with E-state index in [1.54, 1.807) is 11.1 Å². The van der Waals surface area contributed by atoms with Gasteiger partial charge in [0.25, 0.3) is 0 Å². The molecule has 1 amide bonds. The number of alkyl halides is 1. The van der Waals surface area contributed by atoms with Crippen molar-refractivity contribution in [2.24, 2.45) is 0 Å². The molecule has 0 saturated carbocycles. The molecule has 0 bridgehead atoms. The molecule has 0 fully saturated rings. The van der Waals surface area contributed by atoms with Gasteiger partial charge in [0, 0.05) is 12.3 Å². The molecule has 5 nitrogen and oxygen atoms in total. The molecule has 1 N–H and O–H groups in total. The molecule has 82 valence electrons. The molecule has 0 atom stereocenters. The van der Waals surface area contributed by atoms with Gasteiger partial charge in [0.15, 0.2) is 11.6 Å². The fourth-order valence-corrected chi connectivity index (χ4v) is 1.66. The minimum Gasteiger partial charge on any atom is -0.486 e. The van der Waals surface area contributed by atoms with Gasteiger partial charge in [-0.2, -0.15) is 5.10 Å². The van der Waals surface area contributed by atoms with E-state index in [-0.39, 0.29) is 5.91 Å². The van der Waals surface area contributed by atoms with E-state index in [4.69, 9.17) is 16.3 Å². The standard InChI is InChI=1S/C9H12ClN3O2/c10-3-1-2-8(14)13-4-5-15-7-6-11-12-9(7)13/h6H,1-5H2,(H,11,12). The predicted octanol–water partition coefficient (Wildman–Crippen LogP) is 1.15. The number of amides is 1. The molecule has 2 rings (SSSR count). The van der Waals surface area contributed by atoms with E-state index in [0.29, 0.717) is 43.4 Å². The Morgan fingerprint density at radius 3 is 3.40 bits per heavy atom. The minimum absolute atomic E-state index is 0.0597. The molecular weight excluding hydrogens is 218 g/mol. The van der Waals surface area contributed by atoms with Crippen LogP contribution in [-0.4, -0.2) is 35.1 Å². The normalized spacial score (nSPS) is 14.6. The lowest BCUT2D eigenvalue weighted by molar-refractivity contribution is -0.118. The van der Waals surface area contributed by atoms with E-state index in [1.165, 1.54) is 0 Å². The van der Waals surface area contributed by atoms with Crippen LogP contribution in [0.3, 0.4) is 0 Å². The van der Waals surface area contributed by atoms with E-state index in [0.717, 1.165) is 0 Å². The number of ether oxygens (including phenoxy) is 1. The van der Waals surface area contributed by atoms with Crippen LogP contribution < -0.4 is 9.64 Å². The number of aromatic nitrogens is 2. The Labute approximate surface area is 92.4 Å². The van der Waals surface area contributed by atoms with Crippen LogP contribution in [0, 0.1) is 0 Å². The molecule has 0 spiro atoms. The number of aromatic amines is 1. The van der Waals surface area contributed by atoms with E-state index < -0.39 is 0 Å². The third-order valence-electron chi connectivity index (χ3n) is 2.25. The molecule has 0 saturated heterocycles. The Kier molecular flexibility index (Phi) is 3.11. The number of H-pyrrole nitrogens is 1. The molecule has 1 aromatic heterocycles. The Morgan fingerprint density at radius 1 is 1.73 bits per heavy atom. The summed E-state index contributed by atoms with van der Waals surface area (Å²) in [6.45, 7) is 1.08. The van der Waals surface area contributed by atoms with Gasteiger partial charge in [-0.3, -0.25) is 14.8 Å². The first-order valence-electron chi connectivity index (χ1n) is 4.85. The molecule has 0 radical (unpaired) electrons. The number of nitrogens with one attached hydrogen (secondary N) is 1. The average molecular weight is 230 g/mol. The first-order valence-corrected chi connectivity index (χ1v) is 5.39. The zero-order valence-corrected chi connectivity index (χ0v) is 8.96. The first-order chi connectivity index (χ1) is 7.33. The van der Waals surface area contributed by atoms with E-state index >= 15 is 0 Å². The minimum atomic E-state index is 0.0597. The van der Waals surface area contributed by atoms with Crippen LogP contribution in [0.2, 0.25) is 0 Å². The number of carbonyl (C=O) groups excluding carboxylic acids is 1. The molecule has 6 heteroatoms. The molecule has 15 heavy (non-hydrogen) atoms. The largest absolute Gasteiger partial charge is 0.486 e. The van der Waals surface area contributed by atoms with Crippen molar-refractivity contribution in [2.75, 3.05) is 23.9 Å². The predicted molar refractivity (Wildman–Crippen MR) is 56.4 cm³/mol. The fraction of sp³-hybridized carbons (Fsp3) is 0.556. The second kappa shape index (κ2) is 4.53. The molecule has 0 unspecified atom stereocenters. The van der Waals surface area contributed by atoms with Gasteiger partial charge in [-0.15, -0.1) is 11.6 Å². The molecule has 2 heterocycles. The van der Waals surface area contributed by atoms with Gasteiger partial charge in [-0.05, 0) is 6.42 Å². The first kappa shape index (κ1) is 10.3. The highest BCUT2D eigenvalue weighted by Crippen LogP contribution is 2.28. The molecule has 1 aliphatic rings. The maximum absolute atomic E-state index is 11.8. The Bertz CT molecular complexity index is 353. The lowest BCUT2D eigenvalue weighted by Gasteiger charge is -2.26. The zero-order valence-electron chi connectivity index (χ0n) is 8.20. The van der Waals surface area contributed by atoms with E-state index in [2.05, 4.69) is 10.2 Å². The third kappa shape index (κ3) is 2.07. The number of fused-ring (bicyclic) bond motifs is 1. The van der Waals surface area contributed by atoms with Crippen molar-refractivity contribution in [3.05, 3.63) is 6.20 Å². The molecular formula is C9H12ClN3O2. The van der Waals surface area contributed by atoms with Gasteiger partial charge in [0.2, 0.25) is 5.91 Å². The summed E-state index contributed by atoms with van der Waals surface area (Å²) in [7, 11) is 0. The quantitative estimate of drug-likeness (QED) is 0.792. The van der Waals surface area contributed by atoms with Crippen LogP contribution in [0.4, 0.5) is 5.82 Å². The topological polar surface area (TPSA) is 58.2 Å². The molecule has 0 aliphatic carbocycles. The van der Waals surface area contributed by atoms with E-state index in [9.17, 15) is 4.79 Å². The van der Waals surface area contributed by atoms with Crippen LogP contribution in [0.25, 0.3) is 0 Å². The summed E-state index contributed by atoms with van der Waals surface area (Å²) in [4.78, 5) is 13.4. The number of hydrogen-bond donors (Lipinski definition) is 1. The van der Waals surface area contributed by atoms with Gasteiger partial charge in [0.05, 0.1) is 12.7 Å². The van der Waals surface area contributed by atoms with Crippen molar-refractivity contribution in [1.82, 2.24) is 10.2 Å². The highest BCUT2D eigenvalue weighted by molar-refractivity contribution is 6.18. The van der Waals surface area contributed by atoms with Crippen LogP contribution >= 0.6 is 11.6 Å². The number of nitrogens with zero attached hydrogens (tertiary/aromatic N) is 2. The summed E-state index contributed by atoms with van der Waals surface area (Å²) in [5.74, 6) is 1.86. The maximum atomic E-state index is 11.8. The Morgan fingerprint density at radius 2 is 2.60 bits per heavy atom. The van der Waals surface area contributed by atoms with Crippen LogP contribution in [-0.2, 0) is 4.79 Å². The van der Waals surface area contributed by atoms with Gasteiger partial charge in [-0.25, -0.2) is 0 Å². The second-order valence-electron chi connectivity index (χ2n) is 3.27. The summed E-state index contributed by atoms with van der Waals surface area (Å²) < 4.78 is 5.33. The van der Waals surface area contributed by atoms with Gasteiger partial charge >= 0.3 is 0 Å². The summed E-state index contributed by atoms with van der Waals surface area (Å²) in [5.41, 5.74) is 0. The van der Waals surface area contributed by atoms with Crippen LogP contribution in [0.5, 0.6) is 5.75 Å². The van der Waals surface area contributed by atoms with Crippen LogP contribution in [0.1, 0.15) is 12.8 Å². The Balaban J connectivity index is 2.08. The van der Waals surface area contributed by atoms with Crippen molar-refractivity contribution in [3.8, 4) is 5.75 Å². The van der Waals surface area contributed by atoms with Gasteiger partial charge in [0.1, 0.15) is 6.61 Å². The van der Waals surface area contributed by atoms with Crippen molar-refractivity contribution in [3.63, 3.8) is 0 Å². The lowest BCUT2D eigenvalue weighted by atomic mass is 10.3. The van der Waals surface area contributed by atoms with E-state index in [1.807, 2.05) is 0 Å². The van der Waals surface area contributed by atoms with Crippen molar-refractivity contribution < 1.29 is 9.53 Å². The maximum Gasteiger partial charge on any atom is 0.228 e. The van der Waals surface area contributed by atoms with Crippen LogP contribution in [0.15, 0.2) is 6.20 Å². The summed E-state index contributed by atoms with van der Waals surface area (Å²) >= 11 is 5.55. The van der Waals surface area contributed by atoms with Crippen molar-refractivity contribution in [2.45, 2.75) is 12.8 Å². The fourth-order valence-electron chi connectivity index (χ4n) is 1.53. The number of carbonyl (C=O) groups is 1. The lowest BCUT2D eigenvalue weighted by Crippen LogP contribution is -2.37. The monoisotopic (exact) mass is 229 g/mol.